The van der Waals surface area contributed by atoms with Crippen molar-refractivity contribution in [3.05, 3.63) is 0 Å². The quantitative estimate of drug-likeness (QED) is 0.805. The molecule has 0 aromatic heterocycles. The molecular formula is C14H25NO3. The summed E-state index contributed by atoms with van der Waals surface area (Å²) in [5.74, 6) is 0.672. The predicted molar refractivity (Wildman–Crippen MR) is 69.2 cm³/mol. The molecule has 0 aromatic carbocycles. The second kappa shape index (κ2) is 6.02. The fourth-order valence-electron chi connectivity index (χ4n) is 2.93. The number of ether oxygens (including phenoxy) is 1. The van der Waals surface area contributed by atoms with E-state index in [1.807, 2.05) is 0 Å². The molecule has 1 heterocycles. The molecule has 2 rings (SSSR count). The van der Waals surface area contributed by atoms with E-state index < -0.39 is 5.54 Å². The molecule has 1 unspecified atom stereocenters. The summed E-state index contributed by atoms with van der Waals surface area (Å²) in [4.78, 5) is 12.2. The van der Waals surface area contributed by atoms with Gasteiger partial charge >= 0.3 is 0 Å². The maximum absolute atomic E-state index is 12.2. The van der Waals surface area contributed by atoms with Gasteiger partial charge < -0.3 is 15.2 Å². The van der Waals surface area contributed by atoms with Gasteiger partial charge in [0, 0.05) is 6.61 Å². The Labute approximate surface area is 109 Å². The van der Waals surface area contributed by atoms with Gasteiger partial charge in [0.05, 0.1) is 12.1 Å². The van der Waals surface area contributed by atoms with Crippen molar-refractivity contribution in [2.45, 2.75) is 63.5 Å². The molecule has 1 saturated carbocycles. The van der Waals surface area contributed by atoms with Crippen molar-refractivity contribution in [3.63, 3.8) is 0 Å². The van der Waals surface area contributed by atoms with Gasteiger partial charge in [-0.1, -0.05) is 6.92 Å². The van der Waals surface area contributed by atoms with Crippen molar-refractivity contribution < 1.29 is 14.6 Å². The summed E-state index contributed by atoms with van der Waals surface area (Å²) in [6, 6.07) is 0. The number of carbonyl (C=O) groups excluding carboxylic acids is 1. The van der Waals surface area contributed by atoms with Crippen molar-refractivity contribution in [2.24, 2.45) is 5.92 Å². The third kappa shape index (κ3) is 3.23. The van der Waals surface area contributed by atoms with E-state index in [0.717, 1.165) is 44.9 Å². The monoisotopic (exact) mass is 255 g/mol. The van der Waals surface area contributed by atoms with E-state index in [1.54, 1.807) is 0 Å². The Balaban J connectivity index is 1.90. The normalized spacial score (nSPS) is 37.2. The number of hydrogen-bond acceptors (Lipinski definition) is 3. The molecule has 0 aromatic rings. The van der Waals surface area contributed by atoms with E-state index in [1.165, 1.54) is 0 Å². The molecule has 0 radical (unpaired) electrons. The summed E-state index contributed by atoms with van der Waals surface area (Å²) in [7, 11) is 0. The maximum Gasteiger partial charge on any atom is 0.249 e. The smallest absolute Gasteiger partial charge is 0.249 e. The highest BCUT2D eigenvalue weighted by Gasteiger charge is 2.37. The van der Waals surface area contributed by atoms with Crippen LogP contribution in [0, 0.1) is 5.92 Å². The van der Waals surface area contributed by atoms with Crippen LogP contribution in [0.5, 0.6) is 0 Å². The summed E-state index contributed by atoms with van der Waals surface area (Å²) in [6.45, 7) is 2.95. The molecule has 2 N–H and O–H groups in total. The third-order valence-corrected chi connectivity index (χ3v) is 4.39. The van der Waals surface area contributed by atoms with Crippen LogP contribution < -0.4 is 5.32 Å². The zero-order chi connectivity index (χ0) is 13.0. The highest BCUT2D eigenvalue weighted by molar-refractivity contribution is 5.81. The Kier molecular flexibility index (Phi) is 4.62. The van der Waals surface area contributed by atoms with Crippen LogP contribution in [0.15, 0.2) is 0 Å². The van der Waals surface area contributed by atoms with Gasteiger partial charge in [-0.25, -0.2) is 0 Å². The average Bonchev–Trinajstić information content (AvgIpc) is 2.43. The zero-order valence-electron chi connectivity index (χ0n) is 11.3. The Hall–Kier alpha value is -0.610. The summed E-state index contributed by atoms with van der Waals surface area (Å²) in [5, 5.41) is 12.7. The van der Waals surface area contributed by atoms with E-state index in [4.69, 9.17) is 4.74 Å². The third-order valence-electron chi connectivity index (χ3n) is 4.39. The van der Waals surface area contributed by atoms with Crippen LogP contribution >= 0.6 is 0 Å². The van der Waals surface area contributed by atoms with Crippen molar-refractivity contribution >= 4 is 5.91 Å². The Morgan fingerprint density at radius 2 is 2.06 bits per heavy atom. The van der Waals surface area contributed by atoms with Gasteiger partial charge in [-0.2, -0.15) is 0 Å². The molecule has 4 heteroatoms. The molecule has 1 atom stereocenters. The summed E-state index contributed by atoms with van der Waals surface area (Å²) in [5.41, 5.74) is -0.398. The summed E-state index contributed by atoms with van der Waals surface area (Å²) < 4.78 is 5.50. The largest absolute Gasteiger partial charge is 0.394 e. The molecule has 1 aliphatic carbocycles. The highest BCUT2D eigenvalue weighted by Crippen LogP contribution is 2.32. The van der Waals surface area contributed by atoms with Gasteiger partial charge in [-0.05, 0) is 50.9 Å². The number of hydrogen-bond donors (Lipinski definition) is 2. The van der Waals surface area contributed by atoms with E-state index in [9.17, 15) is 9.90 Å². The second-order valence-corrected chi connectivity index (χ2v) is 5.97. The number of nitrogens with one attached hydrogen (secondary N) is 1. The van der Waals surface area contributed by atoms with Crippen molar-refractivity contribution in [2.75, 3.05) is 13.2 Å². The van der Waals surface area contributed by atoms with Gasteiger partial charge in [0.25, 0.3) is 0 Å². The molecule has 1 saturated heterocycles. The first kappa shape index (κ1) is 13.8. The first-order valence-corrected chi connectivity index (χ1v) is 7.20. The number of aliphatic hydroxyl groups excluding tert-OH is 1. The van der Waals surface area contributed by atoms with Crippen molar-refractivity contribution in [3.8, 4) is 0 Å². The minimum atomic E-state index is -0.398. The van der Waals surface area contributed by atoms with Crippen LogP contribution in [0.1, 0.15) is 51.9 Å². The van der Waals surface area contributed by atoms with Crippen molar-refractivity contribution in [1.82, 2.24) is 5.32 Å². The second-order valence-electron chi connectivity index (χ2n) is 5.97. The van der Waals surface area contributed by atoms with Crippen LogP contribution in [0.25, 0.3) is 0 Å². The lowest BCUT2D eigenvalue weighted by Gasteiger charge is -2.39. The molecular weight excluding hydrogens is 230 g/mol. The van der Waals surface area contributed by atoms with E-state index in [2.05, 4.69) is 12.2 Å². The topological polar surface area (TPSA) is 58.6 Å². The molecule has 104 valence electrons. The van der Waals surface area contributed by atoms with Crippen LogP contribution in [0.3, 0.4) is 0 Å². The van der Waals surface area contributed by atoms with Gasteiger partial charge in [0.2, 0.25) is 5.91 Å². The SMILES string of the molecule is CC1CCC(CO)(NC(=O)C2CCCCO2)CC1. The zero-order valence-corrected chi connectivity index (χ0v) is 11.3. The fraction of sp³-hybridized carbons (Fsp3) is 0.929. The maximum atomic E-state index is 12.2. The van der Waals surface area contributed by atoms with E-state index >= 15 is 0 Å². The molecule has 1 aliphatic heterocycles. The summed E-state index contributed by atoms with van der Waals surface area (Å²) in [6.07, 6.45) is 6.52. The van der Waals surface area contributed by atoms with Crippen LogP contribution in [0.2, 0.25) is 0 Å². The lowest BCUT2D eigenvalue weighted by molar-refractivity contribution is -0.138. The van der Waals surface area contributed by atoms with Gasteiger partial charge in [-0.15, -0.1) is 0 Å². The molecule has 0 bridgehead atoms. The first-order valence-electron chi connectivity index (χ1n) is 7.20. The van der Waals surface area contributed by atoms with Gasteiger partial charge in [-0.3, -0.25) is 4.79 Å². The lowest BCUT2D eigenvalue weighted by atomic mass is 9.77. The fourth-order valence-corrected chi connectivity index (χ4v) is 2.93. The number of aliphatic hydroxyl groups is 1. The lowest BCUT2D eigenvalue weighted by Crippen LogP contribution is -2.56. The van der Waals surface area contributed by atoms with Crippen molar-refractivity contribution in [1.29, 1.82) is 0 Å². The number of rotatable bonds is 3. The Morgan fingerprint density at radius 1 is 1.33 bits per heavy atom. The standard InChI is InChI=1S/C14H25NO3/c1-11-5-7-14(10-16,8-6-11)15-13(17)12-4-2-3-9-18-12/h11-12,16H,2-10H2,1H3,(H,15,17). The molecule has 4 nitrogen and oxygen atoms in total. The molecule has 18 heavy (non-hydrogen) atoms. The highest BCUT2D eigenvalue weighted by atomic mass is 16.5. The summed E-state index contributed by atoms with van der Waals surface area (Å²) >= 11 is 0. The Bertz CT molecular complexity index is 279. The van der Waals surface area contributed by atoms with Gasteiger partial charge in [0.15, 0.2) is 0 Å². The molecule has 0 spiro atoms. The minimum Gasteiger partial charge on any atom is -0.394 e. The minimum absolute atomic E-state index is 0.0293. The molecule has 1 amide bonds. The predicted octanol–water partition coefficient (Wildman–Crippen LogP) is 1.61. The number of carbonyl (C=O) groups is 1. The average molecular weight is 255 g/mol. The Morgan fingerprint density at radius 3 is 2.61 bits per heavy atom. The van der Waals surface area contributed by atoms with E-state index in [0.29, 0.717) is 12.5 Å². The van der Waals surface area contributed by atoms with Crippen LogP contribution in [-0.4, -0.2) is 35.9 Å². The first-order chi connectivity index (χ1) is 8.65. The number of amides is 1. The van der Waals surface area contributed by atoms with E-state index in [-0.39, 0.29) is 18.6 Å². The van der Waals surface area contributed by atoms with Crippen LogP contribution in [-0.2, 0) is 9.53 Å². The van der Waals surface area contributed by atoms with Crippen LogP contribution in [0.4, 0.5) is 0 Å². The van der Waals surface area contributed by atoms with Gasteiger partial charge in [0.1, 0.15) is 6.10 Å². The molecule has 2 aliphatic rings. The molecule has 2 fully saturated rings.